The summed E-state index contributed by atoms with van der Waals surface area (Å²) < 4.78 is 7.51. The zero-order valence-corrected chi connectivity index (χ0v) is 13.5. The smallest absolute Gasteiger partial charge is 0.291 e. The first-order valence-corrected chi connectivity index (χ1v) is 8.11. The number of furan rings is 1. The largest absolute Gasteiger partial charge is 0.456 e. The van der Waals surface area contributed by atoms with Crippen molar-refractivity contribution in [1.82, 2.24) is 14.8 Å². The fourth-order valence-electron chi connectivity index (χ4n) is 2.97. The molecule has 0 saturated heterocycles. The highest BCUT2D eigenvalue weighted by Gasteiger charge is 2.17. The molecule has 1 amide bonds. The number of benzene rings is 1. The summed E-state index contributed by atoms with van der Waals surface area (Å²) in [4.78, 5) is 12.1. The van der Waals surface area contributed by atoms with Crippen LogP contribution in [0.15, 0.2) is 40.8 Å². The SMILES string of the molecule is Cc1ccc(C(=O)Nc2ccc(-c3nnc4n3CCCC4)cc2)o1. The van der Waals surface area contributed by atoms with E-state index in [1.807, 2.05) is 31.2 Å². The number of amides is 1. The van der Waals surface area contributed by atoms with E-state index in [1.165, 1.54) is 6.42 Å². The van der Waals surface area contributed by atoms with Gasteiger partial charge in [0.15, 0.2) is 11.6 Å². The normalized spacial score (nSPS) is 13.5. The van der Waals surface area contributed by atoms with Gasteiger partial charge in [-0.2, -0.15) is 0 Å². The Bertz CT molecular complexity index is 877. The van der Waals surface area contributed by atoms with Gasteiger partial charge in [0, 0.05) is 24.2 Å². The van der Waals surface area contributed by atoms with E-state index in [9.17, 15) is 4.79 Å². The molecule has 0 aliphatic carbocycles. The zero-order valence-electron chi connectivity index (χ0n) is 13.5. The molecule has 3 aromatic rings. The number of carbonyl (C=O) groups is 1. The second-order valence-corrected chi connectivity index (χ2v) is 5.99. The quantitative estimate of drug-likeness (QED) is 0.802. The molecular weight excluding hydrogens is 304 g/mol. The summed E-state index contributed by atoms with van der Waals surface area (Å²) in [6.45, 7) is 2.78. The monoisotopic (exact) mass is 322 g/mol. The van der Waals surface area contributed by atoms with E-state index in [0.717, 1.165) is 42.3 Å². The van der Waals surface area contributed by atoms with E-state index in [2.05, 4.69) is 20.1 Å². The van der Waals surface area contributed by atoms with E-state index in [4.69, 9.17) is 4.42 Å². The minimum Gasteiger partial charge on any atom is -0.456 e. The van der Waals surface area contributed by atoms with Crippen LogP contribution in [-0.4, -0.2) is 20.7 Å². The number of anilines is 1. The molecule has 0 bridgehead atoms. The third-order valence-electron chi connectivity index (χ3n) is 4.22. The Balaban J connectivity index is 1.53. The lowest BCUT2D eigenvalue weighted by Crippen LogP contribution is -2.12. The Morgan fingerprint density at radius 3 is 2.71 bits per heavy atom. The molecule has 1 N–H and O–H groups in total. The highest BCUT2D eigenvalue weighted by Crippen LogP contribution is 2.24. The van der Waals surface area contributed by atoms with E-state index >= 15 is 0 Å². The molecule has 0 fully saturated rings. The summed E-state index contributed by atoms with van der Waals surface area (Å²) >= 11 is 0. The summed E-state index contributed by atoms with van der Waals surface area (Å²) in [5, 5.41) is 11.4. The molecule has 0 spiro atoms. The second-order valence-electron chi connectivity index (χ2n) is 5.99. The molecule has 0 atom stereocenters. The molecular formula is C18H18N4O2. The molecule has 3 heterocycles. The highest BCUT2D eigenvalue weighted by atomic mass is 16.3. The van der Waals surface area contributed by atoms with Crippen LogP contribution in [0.4, 0.5) is 5.69 Å². The molecule has 0 radical (unpaired) electrons. The van der Waals surface area contributed by atoms with Crippen molar-refractivity contribution in [1.29, 1.82) is 0 Å². The van der Waals surface area contributed by atoms with Crippen LogP contribution < -0.4 is 5.32 Å². The molecule has 0 saturated carbocycles. The van der Waals surface area contributed by atoms with Gasteiger partial charge in [0.1, 0.15) is 11.6 Å². The zero-order chi connectivity index (χ0) is 16.5. The van der Waals surface area contributed by atoms with Crippen molar-refractivity contribution in [3.8, 4) is 11.4 Å². The van der Waals surface area contributed by atoms with E-state index in [0.29, 0.717) is 11.5 Å². The van der Waals surface area contributed by atoms with Crippen LogP contribution in [0, 0.1) is 6.92 Å². The Hall–Kier alpha value is -2.89. The van der Waals surface area contributed by atoms with Crippen molar-refractivity contribution < 1.29 is 9.21 Å². The van der Waals surface area contributed by atoms with Gasteiger partial charge in [-0.3, -0.25) is 4.79 Å². The highest BCUT2D eigenvalue weighted by molar-refractivity contribution is 6.02. The van der Waals surface area contributed by atoms with Crippen LogP contribution in [0.1, 0.15) is 35.0 Å². The standard InChI is InChI=1S/C18H18N4O2/c1-12-5-10-15(24-12)18(23)19-14-8-6-13(7-9-14)17-21-20-16-4-2-3-11-22(16)17/h5-10H,2-4,11H2,1H3,(H,19,23). The Morgan fingerprint density at radius 2 is 1.96 bits per heavy atom. The van der Waals surface area contributed by atoms with Crippen molar-refractivity contribution in [3.05, 3.63) is 53.7 Å². The number of rotatable bonds is 3. The Labute approximate surface area is 139 Å². The van der Waals surface area contributed by atoms with Crippen molar-refractivity contribution in [2.24, 2.45) is 0 Å². The number of nitrogens with zero attached hydrogens (tertiary/aromatic N) is 3. The lowest BCUT2D eigenvalue weighted by atomic mass is 10.1. The predicted octanol–water partition coefficient (Wildman–Crippen LogP) is 3.44. The van der Waals surface area contributed by atoms with Gasteiger partial charge in [0.25, 0.3) is 5.91 Å². The van der Waals surface area contributed by atoms with Crippen LogP contribution in [0.25, 0.3) is 11.4 Å². The van der Waals surface area contributed by atoms with Crippen molar-refractivity contribution in [2.45, 2.75) is 32.7 Å². The third-order valence-corrected chi connectivity index (χ3v) is 4.22. The van der Waals surface area contributed by atoms with Crippen molar-refractivity contribution in [3.63, 3.8) is 0 Å². The molecule has 122 valence electrons. The minimum atomic E-state index is -0.254. The Morgan fingerprint density at radius 1 is 1.12 bits per heavy atom. The molecule has 2 aromatic heterocycles. The van der Waals surface area contributed by atoms with E-state index < -0.39 is 0 Å². The van der Waals surface area contributed by atoms with Crippen LogP contribution in [0.5, 0.6) is 0 Å². The van der Waals surface area contributed by atoms with Crippen molar-refractivity contribution in [2.75, 3.05) is 5.32 Å². The topological polar surface area (TPSA) is 73.0 Å². The lowest BCUT2D eigenvalue weighted by Gasteiger charge is -2.14. The summed E-state index contributed by atoms with van der Waals surface area (Å²) in [7, 11) is 0. The second kappa shape index (κ2) is 5.96. The number of aryl methyl sites for hydroxylation is 2. The summed E-state index contributed by atoms with van der Waals surface area (Å²) in [5.74, 6) is 2.72. The van der Waals surface area contributed by atoms with Gasteiger partial charge in [-0.25, -0.2) is 0 Å². The number of aromatic nitrogens is 3. The third kappa shape index (κ3) is 2.71. The lowest BCUT2D eigenvalue weighted by molar-refractivity contribution is 0.0995. The number of nitrogens with one attached hydrogen (secondary N) is 1. The molecule has 24 heavy (non-hydrogen) atoms. The van der Waals surface area contributed by atoms with Gasteiger partial charge in [-0.1, -0.05) is 0 Å². The van der Waals surface area contributed by atoms with Crippen molar-refractivity contribution >= 4 is 11.6 Å². The van der Waals surface area contributed by atoms with Crippen LogP contribution in [0.3, 0.4) is 0 Å². The number of carbonyl (C=O) groups excluding carboxylic acids is 1. The van der Waals surface area contributed by atoms with Crippen LogP contribution in [0.2, 0.25) is 0 Å². The average molecular weight is 322 g/mol. The summed E-state index contributed by atoms with van der Waals surface area (Å²) in [6.07, 6.45) is 3.33. The molecule has 6 nitrogen and oxygen atoms in total. The maximum atomic E-state index is 12.1. The van der Waals surface area contributed by atoms with Gasteiger partial charge in [0.2, 0.25) is 0 Å². The Kier molecular flexibility index (Phi) is 3.65. The molecule has 0 unspecified atom stereocenters. The molecule has 1 aliphatic heterocycles. The van der Waals surface area contributed by atoms with Gasteiger partial charge in [0.05, 0.1) is 0 Å². The van der Waals surface area contributed by atoms with Gasteiger partial charge in [-0.05, 0) is 56.2 Å². The first kappa shape index (κ1) is 14.7. The van der Waals surface area contributed by atoms with Gasteiger partial charge >= 0.3 is 0 Å². The molecule has 4 rings (SSSR count). The minimum absolute atomic E-state index is 0.254. The first-order chi connectivity index (χ1) is 11.7. The number of fused-ring (bicyclic) bond motifs is 1. The summed E-state index contributed by atoms with van der Waals surface area (Å²) in [5.41, 5.74) is 1.72. The maximum absolute atomic E-state index is 12.1. The fraction of sp³-hybridized carbons (Fsp3) is 0.278. The fourth-order valence-corrected chi connectivity index (χ4v) is 2.97. The average Bonchev–Trinajstić information content (AvgIpc) is 3.22. The predicted molar refractivity (Wildman–Crippen MR) is 89.8 cm³/mol. The number of hydrogen-bond donors (Lipinski definition) is 1. The molecule has 1 aromatic carbocycles. The maximum Gasteiger partial charge on any atom is 0.291 e. The van der Waals surface area contributed by atoms with E-state index in [-0.39, 0.29) is 5.91 Å². The first-order valence-electron chi connectivity index (χ1n) is 8.11. The number of hydrogen-bond acceptors (Lipinski definition) is 4. The molecule has 6 heteroatoms. The van der Waals surface area contributed by atoms with Crippen LogP contribution >= 0.6 is 0 Å². The summed E-state index contributed by atoms with van der Waals surface area (Å²) in [6, 6.07) is 11.1. The van der Waals surface area contributed by atoms with Crippen LogP contribution in [-0.2, 0) is 13.0 Å². The van der Waals surface area contributed by atoms with E-state index in [1.54, 1.807) is 12.1 Å². The van der Waals surface area contributed by atoms with Gasteiger partial charge in [-0.15, -0.1) is 10.2 Å². The molecule has 1 aliphatic rings. The van der Waals surface area contributed by atoms with Gasteiger partial charge < -0.3 is 14.3 Å².